The monoisotopic (exact) mass is 553 g/mol. The minimum atomic E-state index is -0.175. The number of hydrogen-bond acceptors (Lipinski definition) is 4. The maximum absolute atomic E-state index is 13.7. The fourth-order valence-corrected chi connectivity index (χ4v) is 7.69. The summed E-state index contributed by atoms with van der Waals surface area (Å²) in [5.41, 5.74) is 11.6. The molecule has 6 nitrogen and oxygen atoms in total. The molecule has 0 saturated carbocycles. The van der Waals surface area contributed by atoms with E-state index in [0.29, 0.717) is 16.6 Å². The van der Waals surface area contributed by atoms with E-state index in [1.54, 1.807) is 23.0 Å². The summed E-state index contributed by atoms with van der Waals surface area (Å²) in [5.74, 6) is 0. The van der Waals surface area contributed by atoms with E-state index in [4.69, 9.17) is 0 Å². The van der Waals surface area contributed by atoms with Crippen molar-refractivity contribution >= 4 is 60.2 Å². The lowest BCUT2D eigenvalue weighted by molar-refractivity contribution is 0.661. The van der Waals surface area contributed by atoms with Gasteiger partial charge in [-0.05, 0) is 64.7 Å². The molecule has 0 atom stereocenters. The van der Waals surface area contributed by atoms with Gasteiger partial charge < -0.3 is 4.57 Å². The predicted octanol–water partition coefficient (Wildman–Crippen LogP) is 7.79. The van der Waals surface area contributed by atoms with E-state index in [0.717, 1.165) is 33.0 Å². The van der Waals surface area contributed by atoms with Gasteiger partial charge in [0.25, 0.3) is 5.56 Å². The summed E-state index contributed by atoms with van der Waals surface area (Å²) in [6.07, 6.45) is 4.97. The molecular weight excluding hydrogens is 530 g/mol. The molecule has 6 heteroatoms. The summed E-state index contributed by atoms with van der Waals surface area (Å²) in [6.45, 7) is 4.65. The fourth-order valence-electron chi connectivity index (χ4n) is 7.69. The molecule has 0 aliphatic heterocycles. The van der Waals surface area contributed by atoms with Gasteiger partial charge in [0.1, 0.15) is 11.0 Å². The Bertz CT molecular complexity index is 2730. The summed E-state index contributed by atoms with van der Waals surface area (Å²) in [5, 5.41) is 4.43. The zero-order chi connectivity index (χ0) is 28.6. The molecule has 5 aromatic heterocycles. The first-order valence-electron chi connectivity index (χ1n) is 14.5. The van der Waals surface area contributed by atoms with Gasteiger partial charge >= 0.3 is 0 Å². The second kappa shape index (κ2) is 7.61. The van der Waals surface area contributed by atoms with Crippen molar-refractivity contribution in [1.29, 1.82) is 0 Å². The normalized spacial score (nSPS) is 14.1. The van der Waals surface area contributed by atoms with E-state index in [1.807, 2.05) is 6.07 Å². The van der Waals surface area contributed by atoms with Crippen LogP contribution in [0, 0.1) is 0 Å². The smallest absolute Gasteiger partial charge is 0.283 e. The van der Waals surface area contributed by atoms with Crippen LogP contribution in [0.2, 0.25) is 0 Å². The summed E-state index contributed by atoms with van der Waals surface area (Å²) in [6, 6.07) is 30.6. The van der Waals surface area contributed by atoms with Crippen molar-refractivity contribution in [3.05, 3.63) is 125 Å². The van der Waals surface area contributed by atoms with Crippen LogP contribution in [0.3, 0.4) is 0 Å². The third-order valence-electron chi connectivity index (χ3n) is 9.62. The average molecular weight is 554 g/mol. The quantitative estimate of drug-likeness (QED) is 0.195. The molecule has 202 valence electrons. The van der Waals surface area contributed by atoms with Crippen molar-refractivity contribution in [2.75, 3.05) is 0 Å². The molecule has 4 aromatic carbocycles. The fraction of sp³-hybridized carbons (Fsp3) is 0.0811. The lowest BCUT2D eigenvalue weighted by Crippen LogP contribution is -2.15. The number of pyridine rings is 2. The van der Waals surface area contributed by atoms with Crippen LogP contribution in [0.5, 0.6) is 0 Å². The second-order valence-corrected chi connectivity index (χ2v) is 12.1. The number of para-hydroxylation sites is 1. The Morgan fingerprint density at radius 1 is 0.581 bits per heavy atom. The summed E-state index contributed by atoms with van der Waals surface area (Å²) < 4.78 is 4.13. The average Bonchev–Trinajstić information content (AvgIpc) is 3.63. The van der Waals surface area contributed by atoms with Crippen LogP contribution in [0.4, 0.5) is 0 Å². The Hall–Kier alpha value is -5.62. The summed E-state index contributed by atoms with van der Waals surface area (Å²) in [7, 11) is 0. The number of nitrogens with zero attached hydrogens (tertiary/aromatic N) is 5. The van der Waals surface area contributed by atoms with Crippen molar-refractivity contribution in [2.45, 2.75) is 19.3 Å². The van der Waals surface area contributed by atoms with Gasteiger partial charge in [-0.15, -0.1) is 0 Å². The van der Waals surface area contributed by atoms with Gasteiger partial charge in [-0.25, -0.2) is 4.98 Å². The Morgan fingerprint density at radius 2 is 1.35 bits per heavy atom. The van der Waals surface area contributed by atoms with Crippen LogP contribution in [-0.4, -0.2) is 23.9 Å². The molecule has 9 aromatic rings. The first-order chi connectivity index (χ1) is 21.0. The third-order valence-corrected chi connectivity index (χ3v) is 9.62. The van der Waals surface area contributed by atoms with E-state index in [1.165, 1.54) is 38.5 Å². The van der Waals surface area contributed by atoms with Crippen LogP contribution in [0.1, 0.15) is 25.0 Å². The Morgan fingerprint density at radius 3 is 2.26 bits per heavy atom. The van der Waals surface area contributed by atoms with Gasteiger partial charge in [-0.3, -0.25) is 19.2 Å². The molecule has 0 fully saturated rings. The largest absolute Gasteiger partial charge is 0.309 e. The molecule has 1 aliphatic carbocycles. The molecule has 0 spiro atoms. The topological polar surface area (TPSA) is 65.1 Å². The molecule has 0 amide bonds. The number of benzene rings is 4. The number of rotatable bonds is 1. The molecule has 0 bridgehead atoms. The van der Waals surface area contributed by atoms with Crippen LogP contribution in [-0.2, 0) is 5.41 Å². The molecule has 1 aliphatic rings. The van der Waals surface area contributed by atoms with Crippen LogP contribution in [0.15, 0.2) is 108 Å². The molecule has 0 unspecified atom stereocenters. The predicted molar refractivity (Wildman–Crippen MR) is 173 cm³/mol. The van der Waals surface area contributed by atoms with E-state index in [2.05, 4.69) is 112 Å². The first-order valence-corrected chi connectivity index (χ1v) is 14.5. The zero-order valence-corrected chi connectivity index (χ0v) is 23.5. The zero-order valence-electron chi connectivity index (χ0n) is 23.5. The van der Waals surface area contributed by atoms with Crippen molar-refractivity contribution in [2.24, 2.45) is 0 Å². The Labute approximate surface area is 244 Å². The highest BCUT2D eigenvalue weighted by molar-refractivity contribution is 6.18. The van der Waals surface area contributed by atoms with Gasteiger partial charge in [0.05, 0.1) is 22.1 Å². The maximum Gasteiger partial charge on any atom is 0.283 e. The molecule has 0 radical (unpaired) electrons. The highest BCUT2D eigenvalue weighted by atomic mass is 16.1. The summed E-state index contributed by atoms with van der Waals surface area (Å²) in [4.78, 5) is 27.2. The number of aromatic nitrogens is 5. The van der Waals surface area contributed by atoms with Crippen molar-refractivity contribution in [1.82, 2.24) is 23.9 Å². The lowest BCUT2D eigenvalue weighted by atomic mass is 9.82. The Kier molecular flexibility index (Phi) is 4.07. The minimum absolute atomic E-state index is 0.102. The molecule has 0 N–H and O–H groups in total. The molecule has 10 rings (SSSR count). The van der Waals surface area contributed by atoms with E-state index in [9.17, 15) is 4.79 Å². The van der Waals surface area contributed by atoms with E-state index in [-0.39, 0.29) is 11.0 Å². The summed E-state index contributed by atoms with van der Waals surface area (Å²) >= 11 is 0. The van der Waals surface area contributed by atoms with E-state index < -0.39 is 0 Å². The molecule has 0 saturated heterocycles. The van der Waals surface area contributed by atoms with E-state index >= 15 is 0 Å². The van der Waals surface area contributed by atoms with Crippen LogP contribution in [0.25, 0.3) is 77.0 Å². The van der Waals surface area contributed by atoms with Gasteiger partial charge in [0.2, 0.25) is 0 Å². The SMILES string of the molecule is CC1(C)c2ccccc2-c2cc3c4ccccc4n(-c4ccc5c(c4)c4ccnc6c7nccnc7c(=O)n5c46)c3cc21. The van der Waals surface area contributed by atoms with Crippen molar-refractivity contribution in [3.8, 4) is 16.8 Å². The van der Waals surface area contributed by atoms with Gasteiger partial charge in [-0.1, -0.05) is 56.3 Å². The third kappa shape index (κ3) is 2.69. The van der Waals surface area contributed by atoms with Crippen LogP contribution >= 0.6 is 0 Å². The minimum Gasteiger partial charge on any atom is -0.309 e. The Balaban J connectivity index is 1.33. The van der Waals surface area contributed by atoms with Crippen LogP contribution < -0.4 is 5.56 Å². The van der Waals surface area contributed by atoms with Gasteiger partial charge in [0, 0.05) is 51.2 Å². The molecular formula is C37H23N5O. The van der Waals surface area contributed by atoms with Gasteiger partial charge in [0.15, 0.2) is 5.52 Å². The van der Waals surface area contributed by atoms with Crippen molar-refractivity contribution in [3.63, 3.8) is 0 Å². The second-order valence-electron chi connectivity index (χ2n) is 12.1. The van der Waals surface area contributed by atoms with Gasteiger partial charge in [-0.2, -0.15) is 0 Å². The maximum atomic E-state index is 13.7. The lowest BCUT2D eigenvalue weighted by Gasteiger charge is -2.21. The number of fused-ring (bicyclic) bond motifs is 11. The number of hydrogen-bond donors (Lipinski definition) is 0. The highest BCUT2D eigenvalue weighted by Crippen LogP contribution is 2.51. The molecule has 43 heavy (non-hydrogen) atoms. The highest BCUT2D eigenvalue weighted by Gasteiger charge is 2.36. The molecule has 5 heterocycles. The standard InChI is InChI=1S/C37H23N5O/c1-37(2)27-9-5-3-7-21(27)24-18-26-22-8-4-6-10-29(22)41(31(26)19-28(24)37)20-11-12-30-25(17-20)23-13-14-38-33-32-34(40-16-15-39-32)36(43)42(30)35(23)33/h3-19H,1-2H3. The first kappa shape index (κ1) is 23.0. The van der Waals surface area contributed by atoms with Crippen molar-refractivity contribution < 1.29 is 0 Å².